The molecular weight excluding hydrogens is 228 g/mol. The van der Waals surface area contributed by atoms with Gasteiger partial charge in [0, 0.05) is 13.1 Å². The van der Waals surface area contributed by atoms with Crippen LogP contribution in [0.2, 0.25) is 0 Å². The number of hydrogen-bond acceptors (Lipinski definition) is 4. The predicted molar refractivity (Wildman–Crippen MR) is 70.5 cm³/mol. The molecule has 4 heteroatoms. The van der Waals surface area contributed by atoms with Crippen molar-refractivity contribution >= 4 is 0 Å². The fourth-order valence-corrected chi connectivity index (χ4v) is 3.70. The van der Waals surface area contributed by atoms with Crippen molar-refractivity contribution in [2.75, 3.05) is 32.9 Å². The van der Waals surface area contributed by atoms with Crippen LogP contribution >= 0.6 is 0 Å². The molecule has 2 aliphatic heterocycles. The molecule has 18 heavy (non-hydrogen) atoms. The zero-order chi connectivity index (χ0) is 12.7. The highest BCUT2D eigenvalue weighted by Crippen LogP contribution is 2.43. The van der Waals surface area contributed by atoms with Crippen molar-refractivity contribution in [2.24, 2.45) is 5.41 Å². The molecule has 3 fully saturated rings. The molecule has 0 bridgehead atoms. The molecule has 1 saturated carbocycles. The molecule has 1 aliphatic carbocycles. The highest BCUT2D eigenvalue weighted by Gasteiger charge is 2.48. The van der Waals surface area contributed by atoms with Crippen LogP contribution in [0.25, 0.3) is 0 Å². The third-order valence-electron chi connectivity index (χ3n) is 4.70. The van der Waals surface area contributed by atoms with Crippen LogP contribution in [0.1, 0.15) is 39.5 Å². The van der Waals surface area contributed by atoms with Gasteiger partial charge >= 0.3 is 0 Å². The van der Waals surface area contributed by atoms with E-state index in [1.807, 2.05) is 0 Å². The Balaban J connectivity index is 1.65. The molecule has 2 saturated heterocycles. The maximum atomic E-state index is 6.28. The molecule has 2 atom stereocenters. The maximum absolute atomic E-state index is 6.28. The van der Waals surface area contributed by atoms with Gasteiger partial charge in [-0.3, -0.25) is 5.32 Å². The molecule has 104 valence electrons. The van der Waals surface area contributed by atoms with Crippen molar-refractivity contribution in [3.05, 3.63) is 0 Å². The van der Waals surface area contributed by atoms with Crippen molar-refractivity contribution in [1.82, 2.24) is 10.6 Å². The van der Waals surface area contributed by atoms with Gasteiger partial charge in [-0.15, -0.1) is 0 Å². The first-order chi connectivity index (χ1) is 8.54. The zero-order valence-corrected chi connectivity index (χ0v) is 11.7. The Morgan fingerprint density at radius 1 is 1.06 bits per heavy atom. The summed E-state index contributed by atoms with van der Waals surface area (Å²) in [6.45, 7) is 8.96. The summed E-state index contributed by atoms with van der Waals surface area (Å²) in [4.78, 5) is 0. The number of rotatable bonds is 0. The molecule has 0 aromatic heterocycles. The lowest BCUT2D eigenvalue weighted by Gasteiger charge is -2.53. The maximum Gasteiger partial charge on any atom is 0.119 e. The highest BCUT2D eigenvalue weighted by atomic mass is 16.5. The van der Waals surface area contributed by atoms with E-state index in [-0.39, 0.29) is 11.3 Å². The van der Waals surface area contributed by atoms with E-state index in [9.17, 15) is 0 Å². The zero-order valence-electron chi connectivity index (χ0n) is 11.7. The van der Waals surface area contributed by atoms with E-state index in [0.717, 1.165) is 45.8 Å². The second-order valence-corrected chi connectivity index (χ2v) is 7.09. The molecule has 2 N–H and O–H groups in total. The summed E-state index contributed by atoms with van der Waals surface area (Å²) < 4.78 is 11.9. The Bertz CT molecular complexity index is 301. The van der Waals surface area contributed by atoms with Crippen molar-refractivity contribution in [3.63, 3.8) is 0 Å². The second kappa shape index (κ2) is 4.44. The molecular formula is C14H26N2O2. The van der Waals surface area contributed by atoms with Crippen molar-refractivity contribution < 1.29 is 9.47 Å². The van der Waals surface area contributed by atoms with Gasteiger partial charge in [0.05, 0.1) is 25.4 Å². The van der Waals surface area contributed by atoms with Crippen LogP contribution in [0.3, 0.4) is 0 Å². The molecule has 2 spiro atoms. The summed E-state index contributed by atoms with van der Waals surface area (Å²) in [5.41, 5.74) is 0.323. The lowest BCUT2D eigenvalue weighted by atomic mass is 9.72. The van der Waals surface area contributed by atoms with Gasteiger partial charge in [-0.1, -0.05) is 13.8 Å². The summed E-state index contributed by atoms with van der Waals surface area (Å²) in [5.74, 6) is 0. The van der Waals surface area contributed by atoms with E-state index in [2.05, 4.69) is 24.5 Å². The molecule has 0 aromatic carbocycles. The Morgan fingerprint density at radius 2 is 1.94 bits per heavy atom. The van der Waals surface area contributed by atoms with Gasteiger partial charge in [-0.2, -0.15) is 0 Å². The monoisotopic (exact) mass is 254 g/mol. The van der Waals surface area contributed by atoms with E-state index in [1.54, 1.807) is 0 Å². The first-order valence-corrected chi connectivity index (χ1v) is 7.25. The Labute approximate surface area is 110 Å². The minimum Gasteiger partial charge on any atom is -0.378 e. The standard InChI is InChI=1S/C14H26N2O2/c1-12(2)4-3-5-14(8-12)16-9-13(11-18-14)10-17-7-6-15-13/h15-16H,3-11H2,1-2H3. The number of nitrogens with one attached hydrogen (secondary N) is 2. The molecule has 3 rings (SSSR count). The van der Waals surface area contributed by atoms with E-state index in [0.29, 0.717) is 5.41 Å². The van der Waals surface area contributed by atoms with Crippen LogP contribution in [0, 0.1) is 5.41 Å². The molecule has 2 heterocycles. The SMILES string of the molecule is CC1(C)CCCC2(C1)NCC1(COCCN1)CO2. The highest BCUT2D eigenvalue weighted by molar-refractivity contribution is 5.01. The van der Waals surface area contributed by atoms with E-state index in [4.69, 9.17) is 9.47 Å². The quantitative estimate of drug-likeness (QED) is 0.683. The Hall–Kier alpha value is -0.160. The van der Waals surface area contributed by atoms with Crippen LogP contribution in [0.15, 0.2) is 0 Å². The summed E-state index contributed by atoms with van der Waals surface area (Å²) >= 11 is 0. The summed E-state index contributed by atoms with van der Waals surface area (Å²) in [5, 5.41) is 7.25. The van der Waals surface area contributed by atoms with E-state index in [1.165, 1.54) is 12.8 Å². The average Bonchev–Trinajstić information content (AvgIpc) is 2.34. The number of ether oxygens (including phenoxy) is 2. The average molecular weight is 254 g/mol. The Morgan fingerprint density at radius 3 is 2.56 bits per heavy atom. The van der Waals surface area contributed by atoms with Crippen molar-refractivity contribution in [2.45, 2.75) is 50.8 Å². The fourth-order valence-electron chi connectivity index (χ4n) is 3.70. The van der Waals surface area contributed by atoms with Crippen LogP contribution < -0.4 is 10.6 Å². The van der Waals surface area contributed by atoms with Gasteiger partial charge in [0.15, 0.2) is 0 Å². The first-order valence-electron chi connectivity index (χ1n) is 7.25. The lowest BCUT2D eigenvalue weighted by molar-refractivity contribution is -0.179. The summed E-state index contributed by atoms with van der Waals surface area (Å²) in [6.07, 6.45) is 4.84. The third-order valence-corrected chi connectivity index (χ3v) is 4.70. The summed E-state index contributed by atoms with van der Waals surface area (Å²) in [7, 11) is 0. The molecule has 0 radical (unpaired) electrons. The van der Waals surface area contributed by atoms with Crippen LogP contribution in [-0.4, -0.2) is 44.2 Å². The van der Waals surface area contributed by atoms with Crippen molar-refractivity contribution in [3.8, 4) is 0 Å². The fraction of sp³-hybridized carbons (Fsp3) is 1.00. The lowest BCUT2D eigenvalue weighted by Crippen LogP contribution is -2.71. The normalized spacial score (nSPS) is 44.3. The van der Waals surface area contributed by atoms with Gasteiger partial charge < -0.3 is 14.8 Å². The smallest absolute Gasteiger partial charge is 0.119 e. The third kappa shape index (κ3) is 2.44. The minimum atomic E-state index is -0.0773. The van der Waals surface area contributed by atoms with Crippen molar-refractivity contribution in [1.29, 1.82) is 0 Å². The number of hydrogen-bond donors (Lipinski definition) is 2. The Kier molecular flexibility index (Phi) is 3.17. The van der Waals surface area contributed by atoms with Crippen LogP contribution in [0.4, 0.5) is 0 Å². The minimum absolute atomic E-state index is 0.00505. The van der Waals surface area contributed by atoms with E-state index >= 15 is 0 Å². The molecule has 4 nitrogen and oxygen atoms in total. The number of morpholine rings is 1. The predicted octanol–water partition coefficient (Wildman–Crippen LogP) is 1.26. The largest absolute Gasteiger partial charge is 0.378 e. The van der Waals surface area contributed by atoms with Gasteiger partial charge in [0.1, 0.15) is 5.72 Å². The van der Waals surface area contributed by atoms with Crippen LogP contribution in [-0.2, 0) is 9.47 Å². The second-order valence-electron chi connectivity index (χ2n) is 7.09. The molecule has 2 unspecified atom stereocenters. The molecule has 0 amide bonds. The van der Waals surface area contributed by atoms with Gasteiger partial charge in [0.2, 0.25) is 0 Å². The summed E-state index contributed by atoms with van der Waals surface area (Å²) in [6, 6.07) is 0. The molecule has 3 aliphatic rings. The van der Waals surface area contributed by atoms with Crippen LogP contribution in [0.5, 0.6) is 0 Å². The van der Waals surface area contributed by atoms with Gasteiger partial charge in [-0.25, -0.2) is 0 Å². The topological polar surface area (TPSA) is 42.5 Å². The molecule has 0 aromatic rings. The van der Waals surface area contributed by atoms with Gasteiger partial charge in [-0.05, 0) is 31.1 Å². The van der Waals surface area contributed by atoms with E-state index < -0.39 is 0 Å². The van der Waals surface area contributed by atoms with Gasteiger partial charge in [0.25, 0.3) is 0 Å². The first kappa shape index (κ1) is 12.9.